The van der Waals surface area contributed by atoms with Crippen LogP contribution in [0.15, 0.2) is 24.3 Å². The summed E-state index contributed by atoms with van der Waals surface area (Å²) in [7, 11) is 0. The van der Waals surface area contributed by atoms with E-state index in [-0.39, 0.29) is 30.6 Å². The van der Waals surface area contributed by atoms with Crippen molar-refractivity contribution in [3.8, 4) is 11.5 Å². The van der Waals surface area contributed by atoms with Crippen LogP contribution in [-0.4, -0.2) is 30.2 Å². The third-order valence-corrected chi connectivity index (χ3v) is 7.24. The molecule has 1 amide bonds. The Balaban J connectivity index is 0.000000176. The molecule has 37 heavy (non-hydrogen) atoms. The standard InChI is InChI=1S/C13H15NO2.C13H14O3.CH4.3HI.V/c2*14-12(15)7-9-2-1-8-3-4-11-10(13(8)9)5-6-16-11;;;;;/h3-4,9H,1-2,5-7H2,(H2,14,15);3-4,9H,1-2,5-7H2,(H,14,15);1H4;3*1H;/q;;;;;;+3/p-3/t2*9-;;;;;/m00...../s1. The number of primary amides is 1. The molecule has 2 atom stereocenters. The molecule has 2 aliphatic heterocycles. The topological polar surface area (TPSA) is 98.9 Å². The van der Waals surface area contributed by atoms with Crippen LogP contribution in [0.5, 0.6) is 11.5 Å². The number of carboxylic acid groups (broad SMARTS) is 1. The maximum atomic E-state index is 11.1. The van der Waals surface area contributed by atoms with Crippen molar-refractivity contribution in [2.75, 3.05) is 13.2 Å². The molecule has 0 bridgehead atoms. The molecule has 0 saturated carbocycles. The van der Waals surface area contributed by atoms with Gasteiger partial charge in [-0.05, 0) is 71.9 Å². The quantitative estimate of drug-likeness (QED) is 0.325. The van der Waals surface area contributed by atoms with Crippen molar-refractivity contribution in [1.82, 2.24) is 0 Å². The number of fused-ring (bicyclic) bond motifs is 6. The number of carbonyl (C=O) groups is 2. The molecule has 0 fully saturated rings. The van der Waals surface area contributed by atoms with Gasteiger partial charge in [0, 0.05) is 30.4 Å². The predicted molar refractivity (Wildman–Crippen MR) is 168 cm³/mol. The molecular formula is C27H33I3NO5V. The van der Waals surface area contributed by atoms with Gasteiger partial charge in [-0.25, -0.2) is 0 Å². The molecule has 6 rings (SSSR count). The number of benzene rings is 2. The Morgan fingerprint density at radius 1 is 0.838 bits per heavy atom. The Morgan fingerprint density at radius 2 is 1.27 bits per heavy atom. The van der Waals surface area contributed by atoms with Gasteiger partial charge in [-0.3, -0.25) is 9.59 Å². The second kappa shape index (κ2) is 14.4. The molecule has 10 heteroatoms. The van der Waals surface area contributed by atoms with Crippen molar-refractivity contribution < 1.29 is 29.1 Å². The Bertz CT molecular complexity index is 1060. The summed E-state index contributed by atoms with van der Waals surface area (Å²) < 4.78 is 11.1. The number of rotatable bonds is 4. The third-order valence-electron chi connectivity index (χ3n) is 7.24. The first kappa shape index (κ1) is 31.3. The van der Waals surface area contributed by atoms with Gasteiger partial charge in [0.05, 0.1) is 19.6 Å². The van der Waals surface area contributed by atoms with Crippen molar-refractivity contribution in [2.24, 2.45) is 5.73 Å². The summed E-state index contributed by atoms with van der Waals surface area (Å²) in [6.45, 7) is 1.51. The fraction of sp³-hybridized carbons (Fsp3) is 0.481. The van der Waals surface area contributed by atoms with E-state index in [0.29, 0.717) is 12.3 Å². The molecule has 2 heterocycles. The predicted octanol–water partition coefficient (Wildman–Crippen LogP) is 6.94. The summed E-state index contributed by atoms with van der Waals surface area (Å²) in [6, 6.07) is 8.33. The Hall–Kier alpha value is -0.246. The fourth-order valence-electron chi connectivity index (χ4n) is 5.96. The summed E-state index contributed by atoms with van der Waals surface area (Å²) >= 11 is 7.39. The van der Waals surface area contributed by atoms with E-state index in [1.54, 1.807) is 0 Å². The molecule has 0 saturated heterocycles. The van der Waals surface area contributed by atoms with E-state index in [1.165, 1.54) is 33.4 Å². The van der Waals surface area contributed by atoms with Crippen LogP contribution < -0.4 is 15.2 Å². The molecule has 4 aliphatic rings. The van der Waals surface area contributed by atoms with Gasteiger partial charge in [0.1, 0.15) is 11.5 Å². The Labute approximate surface area is 256 Å². The van der Waals surface area contributed by atoms with Gasteiger partial charge in [0.2, 0.25) is 5.91 Å². The first-order valence-corrected chi connectivity index (χ1v) is 25.6. The van der Waals surface area contributed by atoms with Gasteiger partial charge in [-0.15, -0.1) is 0 Å². The zero-order chi connectivity index (χ0) is 25.8. The molecule has 3 N–H and O–H groups in total. The molecule has 0 radical (unpaired) electrons. The minimum absolute atomic E-state index is 0. The van der Waals surface area contributed by atoms with E-state index in [1.807, 2.05) is 6.07 Å². The van der Waals surface area contributed by atoms with Crippen molar-refractivity contribution in [3.05, 3.63) is 57.6 Å². The van der Waals surface area contributed by atoms with Gasteiger partial charge in [0.15, 0.2) is 0 Å². The minimum atomic E-state index is -0.700. The molecule has 0 spiro atoms. The van der Waals surface area contributed by atoms with Crippen LogP contribution in [0.4, 0.5) is 0 Å². The number of aliphatic carboxylic acids is 1. The van der Waals surface area contributed by atoms with Crippen molar-refractivity contribution in [3.63, 3.8) is 0 Å². The van der Waals surface area contributed by atoms with Gasteiger partial charge < -0.3 is 20.3 Å². The first-order valence-electron chi connectivity index (χ1n) is 12.1. The molecular weight excluding hydrogens is 850 g/mol. The van der Waals surface area contributed by atoms with E-state index < -0.39 is 5.97 Å². The summed E-state index contributed by atoms with van der Waals surface area (Å²) in [6.07, 6.45) is 6.75. The molecule has 2 aliphatic carbocycles. The van der Waals surface area contributed by atoms with Crippen molar-refractivity contribution in [2.45, 2.75) is 70.6 Å². The van der Waals surface area contributed by atoms with E-state index in [9.17, 15) is 9.59 Å². The van der Waals surface area contributed by atoms with Crippen LogP contribution in [0.1, 0.15) is 78.3 Å². The average molecular weight is 883 g/mol. The molecule has 2 aromatic carbocycles. The van der Waals surface area contributed by atoms with E-state index in [2.05, 4.69) is 78.1 Å². The SMILES string of the molecule is C.NC(=O)C[C@@H]1CCc2ccc3c(c21)CCO3.O=C(O)C[C@@H]1CCc2ccc3c(c21)CCO3.[I][V]([I])[I]. The van der Waals surface area contributed by atoms with Gasteiger partial charge in [0.25, 0.3) is 0 Å². The van der Waals surface area contributed by atoms with Crippen LogP contribution in [0.3, 0.4) is 0 Å². The summed E-state index contributed by atoms with van der Waals surface area (Å²) in [4.78, 5) is 21.6. The number of carboxylic acids is 1. The number of hydrogen-bond acceptors (Lipinski definition) is 4. The number of amides is 1. The van der Waals surface area contributed by atoms with Crippen LogP contribution in [0, 0.1) is 0 Å². The zero-order valence-electron chi connectivity index (χ0n) is 19.8. The number of aryl methyl sites for hydroxylation is 2. The van der Waals surface area contributed by atoms with Gasteiger partial charge in [-0.2, -0.15) is 0 Å². The van der Waals surface area contributed by atoms with E-state index in [4.69, 9.17) is 20.3 Å². The monoisotopic (exact) mass is 883 g/mol. The van der Waals surface area contributed by atoms with Crippen LogP contribution in [0.2, 0.25) is 0 Å². The number of carbonyl (C=O) groups excluding carboxylic acids is 1. The van der Waals surface area contributed by atoms with Gasteiger partial charge in [-0.1, -0.05) is 19.6 Å². The van der Waals surface area contributed by atoms with Gasteiger partial charge >= 0.3 is 70.8 Å². The fourth-order valence-corrected chi connectivity index (χ4v) is 5.96. The summed E-state index contributed by atoms with van der Waals surface area (Å²) in [5.41, 5.74) is 13.2. The molecule has 202 valence electrons. The van der Waals surface area contributed by atoms with E-state index >= 15 is 0 Å². The Kier molecular flexibility index (Phi) is 12.2. The van der Waals surface area contributed by atoms with Crippen molar-refractivity contribution in [1.29, 1.82) is 0 Å². The van der Waals surface area contributed by atoms with Crippen LogP contribution in [-0.2, 0) is 40.2 Å². The summed E-state index contributed by atoms with van der Waals surface area (Å²) in [5, 5.41) is 8.92. The maximum absolute atomic E-state index is 11.1. The molecule has 6 nitrogen and oxygen atoms in total. The van der Waals surface area contributed by atoms with Crippen LogP contribution in [0.25, 0.3) is 0 Å². The first-order chi connectivity index (χ1) is 17.2. The second-order valence-electron chi connectivity index (χ2n) is 9.36. The van der Waals surface area contributed by atoms with Crippen molar-refractivity contribution >= 4 is 71.8 Å². The van der Waals surface area contributed by atoms with Crippen LogP contribution >= 0.6 is 59.9 Å². The van der Waals surface area contributed by atoms with E-state index in [0.717, 1.165) is 63.2 Å². The zero-order valence-corrected chi connectivity index (χ0v) is 27.6. The average Bonchev–Trinajstić information content (AvgIpc) is 3.58. The number of hydrogen-bond donors (Lipinski definition) is 2. The number of ether oxygens (including phenoxy) is 2. The molecule has 2 aromatic rings. The number of nitrogens with two attached hydrogens (primary N) is 1. The summed E-state index contributed by atoms with van der Waals surface area (Å²) in [5.74, 6) is 1.60. The second-order valence-corrected chi connectivity index (χ2v) is 44.7. The molecule has 0 aromatic heterocycles. The molecule has 0 unspecified atom stereocenters. The normalized spacial score (nSPS) is 19.5. The Morgan fingerprint density at radius 3 is 1.68 bits per heavy atom. The number of halogens is 3. The third kappa shape index (κ3) is 7.91.